The number of amides is 1. The topological polar surface area (TPSA) is 86.7 Å². The molecule has 0 aromatic carbocycles. The monoisotopic (exact) mass is 247 g/mol. The van der Waals surface area contributed by atoms with E-state index >= 15 is 0 Å². The van der Waals surface area contributed by atoms with Gasteiger partial charge in [-0.25, -0.2) is 9.97 Å². The zero-order chi connectivity index (χ0) is 11.9. The Hall–Kier alpha value is -1.83. The van der Waals surface area contributed by atoms with Gasteiger partial charge in [0.25, 0.3) is 5.91 Å². The van der Waals surface area contributed by atoms with Crippen molar-refractivity contribution in [2.75, 3.05) is 0 Å². The summed E-state index contributed by atoms with van der Waals surface area (Å²) in [6, 6.07) is 0. The fourth-order valence-electron chi connectivity index (χ4n) is 1.28. The van der Waals surface area contributed by atoms with Crippen LogP contribution >= 0.6 is 11.6 Å². The number of carbonyl (C=O) groups excluding carboxylic acids is 1. The summed E-state index contributed by atoms with van der Waals surface area (Å²) in [5.41, 5.74) is 4.38. The lowest BCUT2D eigenvalue weighted by Gasteiger charge is -2.01. The Morgan fingerprint density at radius 2 is 2.19 bits per heavy atom. The first-order valence-corrected chi connectivity index (χ1v) is 4.37. The number of halogens is 3. The van der Waals surface area contributed by atoms with Gasteiger partial charge in [0, 0.05) is 0 Å². The summed E-state index contributed by atoms with van der Waals surface area (Å²) < 4.78 is 25.3. The van der Waals surface area contributed by atoms with Crippen LogP contribution in [0.15, 0.2) is 6.33 Å². The van der Waals surface area contributed by atoms with Crippen LogP contribution in [0.1, 0.15) is 17.0 Å². The second-order valence-electron chi connectivity index (χ2n) is 2.80. The minimum absolute atomic E-state index is 0.0723. The molecule has 9 heteroatoms. The highest BCUT2D eigenvalue weighted by molar-refractivity contribution is 6.35. The summed E-state index contributed by atoms with van der Waals surface area (Å²) >= 11 is 5.67. The molecule has 0 atom stereocenters. The third-order valence-electron chi connectivity index (χ3n) is 1.87. The van der Waals surface area contributed by atoms with Gasteiger partial charge in [0.2, 0.25) is 0 Å². The van der Waals surface area contributed by atoms with Crippen LogP contribution in [-0.4, -0.2) is 25.7 Å². The highest BCUT2D eigenvalue weighted by Crippen LogP contribution is 2.25. The molecule has 0 spiro atoms. The lowest BCUT2D eigenvalue weighted by molar-refractivity contribution is 0.0524. The first-order valence-electron chi connectivity index (χ1n) is 3.99. The van der Waals surface area contributed by atoms with Crippen molar-refractivity contribution in [2.24, 2.45) is 5.73 Å². The summed E-state index contributed by atoms with van der Waals surface area (Å²) in [6.45, 7) is -3.01. The Morgan fingerprint density at radius 1 is 1.50 bits per heavy atom. The van der Waals surface area contributed by atoms with E-state index in [0.29, 0.717) is 0 Å². The maximum Gasteiger partial charge on any atom is 0.334 e. The number of fused-ring (bicyclic) bond motifs is 1. The first-order chi connectivity index (χ1) is 7.52. The van der Waals surface area contributed by atoms with E-state index in [1.807, 2.05) is 0 Å². The number of rotatable bonds is 2. The molecule has 0 saturated carbocycles. The molecule has 2 heterocycles. The molecule has 0 saturated heterocycles. The van der Waals surface area contributed by atoms with Crippen LogP contribution in [-0.2, 0) is 0 Å². The SMILES string of the molecule is NC(=O)c1c2c(Cl)ncnc2nn1C(F)F. The Labute approximate surface area is 92.0 Å². The van der Waals surface area contributed by atoms with E-state index in [2.05, 4.69) is 15.1 Å². The average Bonchev–Trinajstić information content (AvgIpc) is 2.58. The molecule has 84 valence electrons. The third kappa shape index (κ3) is 1.47. The molecule has 0 unspecified atom stereocenters. The number of hydrogen-bond acceptors (Lipinski definition) is 4. The van der Waals surface area contributed by atoms with E-state index in [4.69, 9.17) is 17.3 Å². The largest absolute Gasteiger partial charge is 0.364 e. The number of hydrogen-bond donors (Lipinski definition) is 1. The zero-order valence-electron chi connectivity index (χ0n) is 7.56. The molecule has 2 aromatic rings. The molecule has 2 rings (SSSR count). The predicted molar refractivity (Wildman–Crippen MR) is 50.1 cm³/mol. The fourth-order valence-corrected chi connectivity index (χ4v) is 1.50. The van der Waals surface area contributed by atoms with E-state index in [1.54, 1.807) is 0 Å². The van der Waals surface area contributed by atoms with Crippen LogP contribution in [0.4, 0.5) is 8.78 Å². The van der Waals surface area contributed by atoms with Crippen molar-refractivity contribution in [2.45, 2.75) is 6.55 Å². The minimum Gasteiger partial charge on any atom is -0.364 e. The van der Waals surface area contributed by atoms with Crippen LogP contribution in [0, 0.1) is 0 Å². The Kier molecular flexibility index (Phi) is 2.43. The molecule has 0 aliphatic carbocycles. The van der Waals surface area contributed by atoms with Crippen molar-refractivity contribution >= 4 is 28.5 Å². The Balaban J connectivity index is 2.88. The van der Waals surface area contributed by atoms with Crippen molar-refractivity contribution in [1.82, 2.24) is 19.7 Å². The van der Waals surface area contributed by atoms with E-state index in [1.165, 1.54) is 0 Å². The summed E-state index contributed by atoms with van der Waals surface area (Å²) in [7, 11) is 0. The van der Waals surface area contributed by atoms with Crippen molar-refractivity contribution in [3.8, 4) is 0 Å². The number of nitrogens with zero attached hydrogens (tertiary/aromatic N) is 4. The number of nitrogens with two attached hydrogens (primary N) is 1. The second kappa shape index (κ2) is 3.63. The van der Waals surface area contributed by atoms with Crippen molar-refractivity contribution in [1.29, 1.82) is 0 Å². The van der Waals surface area contributed by atoms with Crippen LogP contribution in [0.2, 0.25) is 5.15 Å². The molecular weight excluding hydrogens is 244 g/mol. The second-order valence-corrected chi connectivity index (χ2v) is 3.16. The highest BCUT2D eigenvalue weighted by atomic mass is 35.5. The third-order valence-corrected chi connectivity index (χ3v) is 2.15. The van der Waals surface area contributed by atoms with Crippen molar-refractivity contribution in [3.63, 3.8) is 0 Å². The highest BCUT2D eigenvalue weighted by Gasteiger charge is 2.24. The van der Waals surface area contributed by atoms with Gasteiger partial charge in [-0.15, -0.1) is 5.10 Å². The molecule has 2 aromatic heterocycles. The van der Waals surface area contributed by atoms with E-state index < -0.39 is 18.2 Å². The van der Waals surface area contributed by atoms with Gasteiger partial charge in [0.15, 0.2) is 5.65 Å². The molecule has 16 heavy (non-hydrogen) atoms. The summed E-state index contributed by atoms with van der Waals surface area (Å²) in [6.07, 6.45) is 1.05. The molecule has 0 bridgehead atoms. The van der Waals surface area contributed by atoms with Crippen LogP contribution in [0.25, 0.3) is 11.0 Å². The maximum absolute atomic E-state index is 12.6. The minimum atomic E-state index is -3.01. The Bertz CT molecular complexity index is 569. The lowest BCUT2D eigenvalue weighted by Crippen LogP contribution is -2.18. The summed E-state index contributed by atoms with van der Waals surface area (Å²) in [4.78, 5) is 18.3. The number of aromatic nitrogens is 4. The normalized spacial score (nSPS) is 11.2. The Morgan fingerprint density at radius 3 is 2.75 bits per heavy atom. The molecule has 0 aliphatic rings. The zero-order valence-corrected chi connectivity index (χ0v) is 8.32. The fraction of sp³-hybridized carbons (Fsp3) is 0.143. The van der Waals surface area contributed by atoms with Crippen LogP contribution in [0.3, 0.4) is 0 Å². The standard InChI is InChI=1S/C7H4ClF2N5O/c8-4-2-3(5(11)16)15(7(9)10)14-6(2)13-1-12-4/h1,7H,(H2,11,16). The van der Waals surface area contributed by atoms with Gasteiger partial charge in [0.1, 0.15) is 17.2 Å². The summed E-state index contributed by atoms with van der Waals surface area (Å²) in [5, 5.41) is 3.20. The summed E-state index contributed by atoms with van der Waals surface area (Å²) in [5.74, 6) is -1.07. The van der Waals surface area contributed by atoms with E-state index in [-0.39, 0.29) is 20.9 Å². The number of alkyl halides is 2. The van der Waals surface area contributed by atoms with Crippen LogP contribution < -0.4 is 5.73 Å². The van der Waals surface area contributed by atoms with E-state index in [0.717, 1.165) is 6.33 Å². The van der Waals surface area contributed by atoms with Gasteiger partial charge < -0.3 is 5.73 Å². The molecule has 1 amide bonds. The molecule has 2 N–H and O–H groups in total. The van der Waals surface area contributed by atoms with Gasteiger partial charge >= 0.3 is 6.55 Å². The van der Waals surface area contributed by atoms with Gasteiger partial charge in [-0.3, -0.25) is 4.79 Å². The van der Waals surface area contributed by atoms with Crippen molar-refractivity contribution in [3.05, 3.63) is 17.2 Å². The predicted octanol–water partition coefficient (Wildman–Crippen LogP) is 0.974. The molecule has 0 aliphatic heterocycles. The van der Waals surface area contributed by atoms with Gasteiger partial charge in [0.05, 0.1) is 5.39 Å². The maximum atomic E-state index is 12.6. The number of carbonyl (C=O) groups is 1. The lowest BCUT2D eigenvalue weighted by atomic mass is 10.3. The molecule has 0 radical (unpaired) electrons. The average molecular weight is 248 g/mol. The molecule has 6 nitrogen and oxygen atoms in total. The smallest absolute Gasteiger partial charge is 0.334 e. The van der Waals surface area contributed by atoms with Crippen LogP contribution in [0.5, 0.6) is 0 Å². The van der Waals surface area contributed by atoms with Gasteiger partial charge in [-0.2, -0.15) is 13.5 Å². The van der Waals surface area contributed by atoms with Gasteiger partial charge in [-0.1, -0.05) is 11.6 Å². The number of primary amides is 1. The van der Waals surface area contributed by atoms with Crippen molar-refractivity contribution < 1.29 is 13.6 Å². The molecular formula is C7H4ClF2N5O. The first kappa shape index (κ1) is 10.7. The quantitative estimate of drug-likeness (QED) is 0.801. The molecule has 0 fully saturated rings. The van der Waals surface area contributed by atoms with E-state index in [9.17, 15) is 13.6 Å². The van der Waals surface area contributed by atoms with Gasteiger partial charge in [-0.05, 0) is 0 Å².